The Labute approximate surface area is 132 Å². The van der Waals surface area contributed by atoms with E-state index in [9.17, 15) is 14.9 Å². The number of nitro groups is 1. The molecule has 1 aromatic carbocycles. The number of para-hydroxylation sites is 2. The number of anilines is 1. The quantitative estimate of drug-likeness (QED) is 0.636. The highest BCUT2D eigenvalue weighted by Crippen LogP contribution is 2.31. The van der Waals surface area contributed by atoms with E-state index in [0.29, 0.717) is 36.0 Å². The summed E-state index contributed by atoms with van der Waals surface area (Å²) < 4.78 is 6.91. The summed E-state index contributed by atoms with van der Waals surface area (Å²) in [4.78, 5) is 24.8. The van der Waals surface area contributed by atoms with E-state index in [1.54, 1.807) is 18.7 Å². The fraction of sp³-hybridized carbons (Fsp3) is 0.333. The minimum absolute atomic E-state index is 0.0415. The molecule has 120 valence electrons. The fourth-order valence-electron chi connectivity index (χ4n) is 2.75. The zero-order valence-corrected chi connectivity index (χ0v) is 12.9. The highest BCUT2D eigenvalue weighted by Gasteiger charge is 2.27. The van der Waals surface area contributed by atoms with E-state index in [1.165, 1.54) is 4.68 Å². The molecule has 0 radical (unpaired) electrons. The number of aromatic nitrogens is 2. The minimum atomic E-state index is -0.470. The van der Waals surface area contributed by atoms with Gasteiger partial charge in [-0.1, -0.05) is 12.1 Å². The smallest absolute Gasteiger partial charge is 0.312 e. The third kappa shape index (κ3) is 2.63. The van der Waals surface area contributed by atoms with Gasteiger partial charge >= 0.3 is 5.69 Å². The zero-order chi connectivity index (χ0) is 16.6. The average molecular weight is 316 g/mol. The number of ether oxygens (including phenoxy) is 1. The van der Waals surface area contributed by atoms with Crippen molar-refractivity contribution in [3.63, 3.8) is 0 Å². The molecule has 2 heterocycles. The lowest BCUT2D eigenvalue weighted by Crippen LogP contribution is -2.40. The summed E-state index contributed by atoms with van der Waals surface area (Å²) in [6, 6.07) is 7.30. The van der Waals surface area contributed by atoms with Gasteiger partial charge in [0.2, 0.25) is 5.91 Å². The van der Waals surface area contributed by atoms with Crippen molar-refractivity contribution in [1.82, 2.24) is 9.78 Å². The van der Waals surface area contributed by atoms with E-state index < -0.39 is 4.92 Å². The van der Waals surface area contributed by atoms with Crippen LogP contribution in [0, 0.1) is 24.0 Å². The van der Waals surface area contributed by atoms with E-state index in [0.717, 1.165) is 0 Å². The monoisotopic (exact) mass is 316 g/mol. The maximum Gasteiger partial charge on any atom is 0.312 e. The number of carbonyl (C=O) groups is 1. The average Bonchev–Trinajstić information content (AvgIpc) is 2.80. The standard InChI is InChI=1S/C15H16N4O4/c1-10-15(19(21)22)11(2)18(16-10)9-14(20)17-7-8-23-13-6-4-3-5-12(13)17/h3-6H,7-9H2,1-2H3. The van der Waals surface area contributed by atoms with E-state index in [1.807, 2.05) is 24.3 Å². The fourth-order valence-corrected chi connectivity index (χ4v) is 2.75. The summed E-state index contributed by atoms with van der Waals surface area (Å²) >= 11 is 0. The van der Waals surface area contributed by atoms with Crippen LogP contribution in [0.1, 0.15) is 11.4 Å². The number of fused-ring (bicyclic) bond motifs is 1. The largest absolute Gasteiger partial charge is 0.490 e. The first-order valence-corrected chi connectivity index (χ1v) is 7.19. The molecule has 0 atom stereocenters. The predicted octanol–water partition coefficient (Wildman–Crippen LogP) is 1.83. The van der Waals surface area contributed by atoms with Crippen molar-refractivity contribution in [2.75, 3.05) is 18.1 Å². The first-order valence-electron chi connectivity index (χ1n) is 7.19. The Balaban J connectivity index is 1.87. The van der Waals surface area contributed by atoms with Gasteiger partial charge in [0.25, 0.3) is 0 Å². The van der Waals surface area contributed by atoms with Crippen LogP contribution < -0.4 is 9.64 Å². The SMILES string of the molecule is Cc1nn(CC(=O)N2CCOc3ccccc32)c(C)c1[N+](=O)[O-]. The van der Waals surface area contributed by atoms with Gasteiger partial charge in [-0.3, -0.25) is 19.6 Å². The van der Waals surface area contributed by atoms with Crippen LogP contribution >= 0.6 is 0 Å². The van der Waals surface area contributed by atoms with Gasteiger partial charge in [0.1, 0.15) is 30.3 Å². The first kappa shape index (κ1) is 15.0. The Bertz CT molecular complexity index is 784. The number of benzene rings is 1. The van der Waals surface area contributed by atoms with Gasteiger partial charge in [-0.05, 0) is 26.0 Å². The summed E-state index contributed by atoms with van der Waals surface area (Å²) in [5, 5.41) is 15.2. The third-order valence-electron chi connectivity index (χ3n) is 3.84. The lowest BCUT2D eigenvalue weighted by Gasteiger charge is -2.29. The molecule has 3 rings (SSSR count). The number of rotatable bonds is 3. The van der Waals surface area contributed by atoms with Gasteiger partial charge in [-0.15, -0.1) is 0 Å². The number of carbonyl (C=O) groups excluding carboxylic acids is 1. The molecule has 0 spiro atoms. The van der Waals surface area contributed by atoms with E-state index >= 15 is 0 Å². The number of amides is 1. The van der Waals surface area contributed by atoms with Crippen molar-refractivity contribution in [2.24, 2.45) is 0 Å². The van der Waals surface area contributed by atoms with Crippen molar-refractivity contribution < 1.29 is 14.5 Å². The Morgan fingerprint density at radius 2 is 2.13 bits per heavy atom. The molecule has 0 unspecified atom stereocenters. The second-order valence-corrected chi connectivity index (χ2v) is 5.30. The Hall–Kier alpha value is -2.90. The molecular weight excluding hydrogens is 300 g/mol. The molecule has 2 aromatic rings. The van der Waals surface area contributed by atoms with Crippen LogP contribution in [0.3, 0.4) is 0 Å². The molecule has 1 aromatic heterocycles. The van der Waals surface area contributed by atoms with Crippen LogP contribution in [0.2, 0.25) is 0 Å². The Morgan fingerprint density at radius 1 is 1.39 bits per heavy atom. The van der Waals surface area contributed by atoms with Gasteiger partial charge in [-0.25, -0.2) is 0 Å². The maximum atomic E-state index is 12.6. The van der Waals surface area contributed by atoms with Gasteiger partial charge in [0.05, 0.1) is 17.2 Å². The van der Waals surface area contributed by atoms with E-state index in [2.05, 4.69) is 5.10 Å². The summed E-state index contributed by atoms with van der Waals surface area (Å²) in [6.07, 6.45) is 0. The van der Waals surface area contributed by atoms with Crippen LogP contribution in [-0.4, -0.2) is 33.8 Å². The molecule has 8 nitrogen and oxygen atoms in total. The number of nitrogens with zero attached hydrogens (tertiary/aromatic N) is 4. The molecule has 0 saturated heterocycles. The normalized spacial score (nSPS) is 13.4. The van der Waals surface area contributed by atoms with Gasteiger partial charge in [-0.2, -0.15) is 5.10 Å². The van der Waals surface area contributed by atoms with Crippen LogP contribution in [-0.2, 0) is 11.3 Å². The first-order chi connectivity index (χ1) is 11.0. The van der Waals surface area contributed by atoms with Crippen molar-refractivity contribution in [2.45, 2.75) is 20.4 Å². The van der Waals surface area contributed by atoms with E-state index in [4.69, 9.17) is 4.74 Å². The minimum Gasteiger partial charge on any atom is -0.490 e. The Morgan fingerprint density at radius 3 is 2.83 bits per heavy atom. The van der Waals surface area contributed by atoms with Crippen LogP contribution in [0.4, 0.5) is 11.4 Å². The summed E-state index contributed by atoms with van der Waals surface area (Å²) in [5.41, 5.74) is 1.35. The van der Waals surface area contributed by atoms with Crippen molar-refractivity contribution in [1.29, 1.82) is 0 Å². The van der Waals surface area contributed by atoms with Crippen LogP contribution in [0.5, 0.6) is 5.75 Å². The summed E-state index contributed by atoms with van der Waals surface area (Å²) in [5.74, 6) is 0.479. The molecule has 0 saturated carbocycles. The molecule has 1 aliphatic heterocycles. The molecule has 0 aliphatic carbocycles. The van der Waals surface area contributed by atoms with Gasteiger partial charge < -0.3 is 9.64 Å². The lowest BCUT2D eigenvalue weighted by molar-refractivity contribution is -0.386. The van der Waals surface area contributed by atoms with Crippen molar-refractivity contribution >= 4 is 17.3 Å². The zero-order valence-electron chi connectivity index (χ0n) is 12.9. The van der Waals surface area contributed by atoms with E-state index in [-0.39, 0.29) is 18.1 Å². The van der Waals surface area contributed by atoms with Gasteiger partial charge in [0, 0.05) is 0 Å². The van der Waals surface area contributed by atoms with Crippen LogP contribution in [0.15, 0.2) is 24.3 Å². The maximum absolute atomic E-state index is 12.6. The second-order valence-electron chi connectivity index (χ2n) is 5.30. The highest BCUT2D eigenvalue weighted by atomic mass is 16.6. The highest BCUT2D eigenvalue weighted by molar-refractivity contribution is 5.95. The number of aryl methyl sites for hydroxylation is 1. The molecule has 0 fully saturated rings. The molecular formula is C15H16N4O4. The lowest BCUT2D eigenvalue weighted by atomic mass is 10.2. The molecule has 8 heteroatoms. The Kier molecular flexibility index (Phi) is 3.73. The number of hydrogen-bond acceptors (Lipinski definition) is 5. The van der Waals surface area contributed by atoms with Crippen molar-refractivity contribution in [3.8, 4) is 5.75 Å². The molecule has 0 bridgehead atoms. The summed E-state index contributed by atoms with van der Waals surface area (Å²) in [6.45, 7) is 3.97. The molecule has 23 heavy (non-hydrogen) atoms. The second kappa shape index (κ2) is 5.71. The topological polar surface area (TPSA) is 90.5 Å². The molecule has 1 amide bonds. The van der Waals surface area contributed by atoms with Crippen LogP contribution in [0.25, 0.3) is 0 Å². The number of hydrogen-bond donors (Lipinski definition) is 0. The van der Waals surface area contributed by atoms with Gasteiger partial charge in [0.15, 0.2) is 0 Å². The van der Waals surface area contributed by atoms with Crippen molar-refractivity contribution in [3.05, 3.63) is 45.8 Å². The molecule has 1 aliphatic rings. The third-order valence-corrected chi connectivity index (χ3v) is 3.84. The molecule has 0 N–H and O–H groups in total. The summed E-state index contributed by atoms with van der Waals surface area (Å²) in [7, 11) is 0. The predicted molar refractivity (Wildman–Crippen MR) is 82.6 cm³/mol.